The molecule has 98 valence electrons. The Bertz CT molecular complexity index is 575. The predicted molar refractivity (Wildman–Crippen MR) is 77.5 cm³/mol. The summed E-state index contributed by atoms with van der Waals surface area (Å²) in [5.74, 6) is 0.779. The number of carbonyl (C=O) groups is 1. The largest absolute Gasteiger partial charge is 0.484 e. The van der Waals surface area contributed by atoms with E-state index in [2.05, 4.69) is 26.2 Å². The van der Waals surface area contributed by atoms with E-state index in [0.717, 1.165) is 4.47 Å². The number of anilines is 1. The molecule has 1 aromatic carbocycles. The second-order valence-electron chi connectivity index (χ2n) is 3.65. The molecular formula is C13H10BrClN2O2. The molecule has 0 aliphatic rings. The minimum Gasteiger partial charge on any atom is -0.484 e. The molecule has 1 N–H and O–H groups in total. The third kappa shape index (κ3) is 4.54. The van der Waals surface area contributed by atoms with Crippen LogP contribution in [0.25, 0.3) is 0 Å². The number of nitrogens with one attached hydrogen (secondary N) is 1. The van der Waals surface area contributed by atoms with Gasteiger partial charge in [0.05, 0.1) is 0 Å². The first-order valence-corrected chi connectivity index (χ1v) is 6.60. The number of rotatable bonds is 4. The molecule has 0 atom stereocenters. The topological polar surface area (TPSA) is 51.2 Å². The fourth-order valence-corrected chi connectivity index (χ4v) is 1.79. The van der Waals surface area contributed by atoms with Gasteiger partial charge in [0.25, 0.3) is 5.91 Å². The quantitative estimate of drug-likeness (QED) is 0.926. The van der Waals surface area contributed by atoms with Gasteiger partial charge in [0.15, 0.2) is 6.61 Å². The van der Waals surface area contributed by atoms with Crippen molar-refractivity contribution in [3.63, 3.8) is 0 Å². The summed E-state index contributed by atoms with van der Waals surface area (Å²) in [6.45, 7) is -0.0875. The molecule has 0 unspecified atom stereocenters. The minimum absolute atomic E-state index is 0.0875. The summed E-state index contributed by atoms with van der Waals surface area (Å²) in [7, 11) is 0. The molecule has 1 amide bonds. The number of amides is 1. The van der Waals surface area contributed by atoms with E-state index >= 15 is 0 Å². The number of hydrogen-bond acceptors (Lipinski definition) is 3. The van der Waals surface area contributed by atoms with Crippen molar-refractivity contribution in [1.82, 2.24) is 4.98 Å². The van der Waals surface area contributed by atoms with Crippen LogP contribution in [0.15, 0.2) is 47.1 Å². The Balaban J connectivity index is 1.86. The van der Waals surface area contributed by atoms with Crippen molar-refractivity contribution >= 4 is 39.3 Å². The van der Waals surface area contributed by atoms with Crippen LogP contribution in [-0.4, -0.2) is 17.5 Å². The zero-order chi connectivity index (χ0) is 13.7. The van der Waals surface area contributed by atoms with Crippen LogP contribution >= 0.6 is 27.5 Å². The van der Waals surface area contributed by atoms with E-state index in [1.165, 1.54) is 0 Å². The van der Waals surface area contributed by atoms with E-state index in [0.29, 0.717) is 16.6 Å². The van der Waals surface area contributed by atoms with Crippen molar-refractivity contribution in [2.24, 2.45) is 0 Å². The fraction of sp³-hybridized carbons (Fsp3) is 0.0769. The van der Waals surface area contributed by atoms with Gasteiger partial charge in [0, 0.05) is 15.7 Å². The maximum absolute atomic E-state index is 11.6. The number of carbonyl (C=O) groups excluding carboxylic acids is 1. The number of pyridine rings is 1. The number of hydrogen-bond donors (Lipinski definition) is 1. The second kappa shape index (κ2) is 6.54. The summed E-state index contributed by atoms with van der Waals surface area (Å²) in [5.41, 5.74) is 0. The first-order chi connectivity index (χ1) is 9.13. The first kappa shape index (κ1) is 13.8. The summed E-state index contributed by atoms with van der Waals surface area (Å²) >= 11 is 9.05. The van der Waals surface area contributed by atoms with Gasteiger partial charge in [-0.1, -0.05) is 27.5 Å². The molecule has 1 heterocycles. The highest BCUT2D eigenvalue weighted by atomic mass is 79.9. The molecule has 2 rings (SSSR count). The minimum atomic E-state index is -0.277. The Morgan fingerprint density at radius 3 is 2.74 bits per heavy atom. The maximum Gasteiger partial charge on any atom is 0.263 e. The van der Waals surface area contributed by atoms with Gasteiger partial charge >= 0.3 is 0 Å². The molecular weight excluding hydrogens is 332 g/mol. The van der Waals surface area contributed by atoms with Gasteiger partial charge in [-0.15, -0.1) is 0 Å². The number of aromatic nitrogens is 1. The van der Waals surface area contributed by atoms with Crippen LogP contribution in [0.1, 0.15) is 0 Å². The van der Waals surface area contributed by atoms with Gasteiger partial charge in [-0.2, -0.15) is 0 Å². The lowest BCUT2D eigenvalue weighted by atomic mass is 10.3. The van der Waals surface area contributed by atoms with Crippen molar-refractivity contribution in [2.45, 2.75) is 0 Å². The molecule has 6 heteroatoms. The van der Waals surface area contributed by atoms with Crippen molar-refractivity contribution in [3.8, 4) is 5.75 Å². The van der Waals surface area contributed by atoms with E-state index in [1.54, 1.807) is 42.6 Å². The van der Waals surface area contributed by atoms with Crippen LogP contribution in [-0.2, 0) is 4.79 Å². The Morgan fingerprint density at radius 1 is 1.32 bits per heavy atom. The number of benzene rings is 1. The zero-order valence-corrected chi connectivity index (χ0v) is 12.1. The molecule has 19 heavy (non-hydrogen) atoms. The average Bonchev–Trinajstić information content (AvgIpc) is 2.38. The maximum atomic E-state index is 11.6. The van der Waals surface area contributed by atoms with Crippen LogP contribution in [0.5, 0.6) is 5.75 Å². The van der Waals surface area contributed by atoms with Gasteiger partial charge < -0.3 is 10.1 Å². The Kier molecular flexibility index (Phi) is 4.76. The molecule has 0 fully saturated rings. The van der Waals surface area contributed by atoms with E-state index in [1.807, 2.05) is 0 Å². The summed E-state index contributed by atoms with van der Waals surface area (Å²) in [6, 6.07) is 10.3. The van der Waals surface area contributed by atoms with Gasteiger partial charge in [0.2, 0.25) is 0 Å². The van der Waals surface area contributed by atoms with Crippen LogP contribution in [0.4, 0.5) is 5.82 Å². The van der Waals surface area contributed by atoms with Crippen LogP contribution in [0.2, 0.25) is 5.02 Å². The Labute approximate surface area is 123 Å². The lowest BCUT2D eigenvalue weighted by molar-refractivity contribution is -0.118. The average molecular weight is 342 g/mol. The molecule has 0 spiro atoms. The smallest absolute Gasteiger partial charge is 0.263 e. The first-order valence-electron chi connectivity index (χ1n) is 5.43. The summed E-state index contributed by atoms with van der Waals surface area (Å²) in [5, 5.41) is 3.25. The molecule has 2 aromatic rings. The SMILES string of the molecule is O=C(COc1ccc(Cl)cc1)Nc1cc(Br)ccn1. The predicted octanol–water partition coefficient (Wildman–Crippen LogP) is 3.52. The molecule has 0 saturated carbocycles. The third-order valence-corrected chi connectivity index (χ3v) is 2.92. The van der Waals surface area contributed by atoms with E-state index in [9.17, 15) is 4.79 Å². The summed E-state index contributed by atoms with van der Waals surface area (Å²) in [6.07, 6.45) is 1.60. The highest BCUT2D eigenvalue weighted by Gasteiger charge is 2.04. The van der Waals surface area contributed by atoms with Crippen molar-refractivity contribution in [1.29, 1.82) is 0 Å². The second-order valence-corrected chi connectivity index (χ2v) is 5.00. The zero-order valence-electron chi connectivity index (χ0n) is 9.77. The molecule has 0 saturated heterocycles. The van der Waals surface area contributed by atoms with Crippen molar-refractivity contribution < 1.29 is 9.53 Å². The lowest BCUT2D eigenvalue weighted by Crippen LogP contribution is -2.20. The molecule has 0 radical (unpaired) electrons. The Morgan fingerprint density at radius 2 is 2.05 bits per heavy atom. The van der Waals surface area contributed by atoms with Crippen LogP contribution in [0.3, 0.4) is 0 Å². The monoisotopic (exact) mass is 340 g/mol. The molecule has 0 bridgehead atoms. The Hall–Kier alpha value is -1.59. The number of ether oxygens (including phenoxy) is 1. The number of nitrogens with zero attached hydrogens (tertiary/aromatic N) is 1. The van der Waals surface area contributed by atoms with Crippen LogP contribution < -0.4 is 10.1 Å². The highest BCUT2D eigenvalue weighted by Crippen LogP contribution is 2.16. The normalized spacial score (nSPS) is 10.0. The van der Waals surface area contributed by atoms with Crippen molar-refractivity contribution in [3.05, 3.63) is 52.1 Å². The standard InChI is InChI=1S/C13H10BrClN2O2/c14-9-5-6-16-12(7-9)17-13(18)8-19-11-3-1-10(15)2-4-11/h1-7H,8H2,(H,16,17,18). The van der Waals surface area contributed by atoms with Crippen LogP contribution in [0, 0.1) is 0 Å². The molecule has 1 aromatic heterocycles. The van der Waals surface area contributed by atoms with Gasteiger partial charge in [-0.05, 0) is 36.4 Å². The third-order valence-electron chi connectivity index (χ3n) is 2.17. The number of halogens is 2. The van der Waals surface area contributed by atoms with E-state index in [-0.39, 0.29) is 12.5 Å². The van der Waals surface area contributed by atoms with Gasteiger partial charge in [0.1, 0.15) is 11.6 Å². The summed E-state index contributed by atoms with van der Waals surface area (Å²) in [4.78, 5) is 15.7. The van der Waals surface area contributed by atoms with E-state index in [4.69, 9.17) is 16.3 Å². The lowest BCUT2D eigenvalue weighted by Gasteiger charge is -2.07. The highest BCUT2D eigenvalue weighted by molar-refractivity contribution is 9.10. The van der Waals surface area contributed by atoms with E-state index < -0.39 is 0 Å². The molecule has 0 aliphatic carbocycles. The fourth-order valence-electron chi connectivity index (χ4n) is 1.33. The molecule has 4 nitrogen and oxygen atoms in total. The van der Waals surface area contributed by atoms with Crippen molar-refractivity contribution in [2.75, 3.05) is 11.9 Å². The van der Waals surface area contributed by atoms with Gasteiger partial charge in [-0.3, -0.25) is 4.79 Å². The van der Waals surface area contributed by atoms with Gasteiger partial charge in [-0.25, -0.2) is 4.98 Å². The summed E-state index contributed by atoms with van der Waals surface area (Å²) < 4.78 is 6.16. The molecule has 0 aliphatic heterocycles.